The molecule has 3 aromatic rings. The van der Waals surface area contributed by atoms with Crippen LogP contribution < -0.4 is 14.2 Å². The van der Waals surface area contributed by atoms with E-state index in [-0.39, 0.29) is 40.2 Å². The number of methoxy groups -OCH3 is 1. The molecular weight excluding hydrogens is 621 g/mol. The van der Waals surface area contributed by atoms with E-state index in [0.717, 1.165) is 23.8 Å². The lowest BCUT2D eigenvalue weighted by atomic mass is 9.85. The summed E-state index contributed by atoms with van der Waals surface area (Å²) in [4.78, 5) is 12.4. The molecule has 0 heterocycles. The second-order valence-electron chi connectivity index (χ2n) is 10.9. The van der Waals surface area contributed by atoms with Crippen molar-refractivity contribution in [1.82, 2.24) is 9.44 Å². The van der Waals surface area contributed by atoms with Crippen LogP contribution in [0, 0.1) is 17.1 Å². The predicted octanol–water partition coefficient (Wildman–Crippen LogP) is 4.89. The number of hydrogen-bond donors (Lipinski definition) is 2. The van der Waals surface area contributed by atoms with Crippen molar-refractivity contribution in [2.45, 2.75) is 68.8 Å². The molecule has 2 N–H and O–H groups in total. The van der Waals surface area contributed by atoms with E-state index >= 15 is 4.39 Å². The van der Waals surface area contributed by atoms with Crippen LogP contribution in [0.5, 0.6) is 5.75 Å². The van der Waals surface area contributed by atoms with Crippen LogP contribution in [0.4, 0.5) is 4.39 Å². The zero-order chi connectivity index (χ0) is 33.4. The molecule has 3 aromatic carbocycles. The number of benzene rings is 3. The Morgan fingerprint density at radius 3 is 2.27 bits per heavy atom. The highest BCUT2D eigenvalue weighted by Gasteiger charge is 2.28. The molecule has 0 saturated carbocycles. The molecule has 0 fully saturated rings. The minimum absolute atomic E-state index is 0.0855. The molecule has 1 amide bonds. The van der Waals surface area contributed by atoms with Gasteiger partial charge in [0.2, 0.25) is 15.9 Å². The molecule has 3 rings (SSSR count). The summed E-state index contributed by atoms with van der Waals surface area (Å²) in [5, 5.41) is 9.40. The largest absolute Gasteiger partial charge is 0.495 e. The summed E-state index contributed by atoms with van der Waals surface area (Å²) in [6.45, 7) is 7.90. The van der Waals surface area contributed by atoms with E-state index in [2.05, 4.69) is 4.72 Å². The fourth-order valence-electron chi connectivity index (χ4n) is 4.80. The van der Waals surface area contributed by atoms with E-state index in [1.165, 1.54) is 13.2 Å². The minimum atomic E-state index is -4.53. The zero-order valence-electron chi connectivity index (χ0n) is 25.9. The van der Waals surface area contributed by atoms with Crippen molar-refractivity contribution >= 4 is 26.0 Å². The monoisotopic (exact) mass is 659 g/mol. The lowest BCUT2D eigenvalue weighted by Gasteiger charge is -2.21. The molecule has 13 heteroatoms. The van der Waals surface area contributed by atoms with Crippen LogP contribution >= 0.6 is 0 Å². The van der Waals surface area contributed by atoms with Crippen molar-refractivity contribution in [2.75, 3.05) is 20.3 Å². The van der Waals surface area contributed by atoms with Gasteiger partial charge in [-0.3, -0.25) is 4.79 Å². The molecular formula is C32H38FN3O7S2. The molecule has 0 aromatic heterocycles. The number of carbonyl (C=O) groups excluding carboxylic acids is 1. The van der Waals surface area contributed by atoms with Crippen LogP contribution in [0.25, 0.3) is 0 Å². The first-order valence-electron chi connectivity index (χ1n) is 14.3. The number of rotatable bonds is 15. The Labute approximate surface area is 264 Å². The Kier molecular flexibility index (Phi) is 12.2. The van der Waals surface area contributed by atoms with Crippen LogP contribution in [-0.2, 0) is 42.6 Å². The first-order valence-corrected chi connectivity index (χ1v) is 17.3. The number of ether oxygens (including phenoxy) is 2. The van der Waals surface area contributed by atoms with Gasteiger partial charge in [-0.1, -0.05) is 58.0 Å². The Balaban J connectivity index is 1.73. The van der Waals surface area contributed by atoms with Gasteiger partial charge in [0.15, 0.2) is 0 Å². The summed E-state index contributed by atoms with van der Waals surface area (Å²) < 4.78 is 82.6. The molecule has 0 radical (unpaired) electrons. The third kappa shape index (κ3) is 9.11. The lowest BCUT2D eigenvalue weighted by Crippen LogP contribution is -2.33. The van der Waals surface area contributed by atoms with E-state index in [1.807, 2.05) is 55.0 Å². The lowest BCUT2D eigenvalue weighted by molar-refractivity contribution is -0.118. The van der Waals surface area contributed by atoms with Crippen molar-refractivity contribution in [3.05, 3.63) is 88.2 Å². The molecule has 0 bridgehead atoms. The third-order valence-electron chi connectivity index (χ3n) is 6.96. The molecule has 10 nitrogen and oxygen atoms in total. The Morgan fingerprint density at radius 2 is 1.67 bits per heavy atom. The average molecular weight is 660 g/mol. The average Bonchev–Trinajstić information content (AvgIpc) is 2.98. The zero-order valence-corrected chi connectivity index (χ0v) is 27.5. The second kappa shape index (κ2) is 15.4. The number of nitrogens with one attached hydrogen (secondary N) is 2. The normalized spacial score (nSPS) is 11.9. The number of amides is 1. The molecule has 0 unspecified atom stereocenters. The van der Waals surface area contributed by atoms with E-state index < -0.39 is 43.1 Å². The van der Waals surface area contributed by atoms with Crippen LogP contribution in [-0.4, -0.2) is 43.0 Å². The SMILES string of the molecule is COc1cc(S(=O)(=O)NCCCOCc2ccccc2)ccc1S(=O)(=O)NC(=O)Cc1c(C(C)C)cc(C#N)c(F)c1C(C)C. The van der Waals surface area contributed by atoms with Gasteiger partial charge in [0.05, 0.1) is 30.6 Å². The number of halogens is 1. The van der Waals surface area contributed by atoms with Gasteiger partial charge in [0.25, 0.3) is 10.0 Å². The summed E-state index contributed by atoms with van der Waals surface area (Å²) in [5.41, 5.74) is 1.90. The molecule has 0 aliphatic heterocycles. The smallest absolute Gasteiger partial charge is 0.267 e. The van der Waals surface area contributed by atoms with Crippen molar-refractivity contribution in [3.63, 3.8) is 0 Å². The summed E-state index contributed by atoms with van der Waals surface area (Å²) >= 11 is 0. The van der Waals surface area contributed by atoms with Crippen LogP contribution in [0.2, 0.25) is 0 Å². The van der Waals surface area contributed by atoms with Crippen LogP contribution in [0.15, 0.2) is 64.4 Å². The summed E-state index contributed by atoms with van der Waals surface area (Å²) in [6.07, 6.45) is -0.0570. The molecule has 0 atom stereocenters. The number of carbonyl (C=O) groups is 1. The fraction of sp³-hybridized carbons (Fsp3) is 0.375. The van der Waals surface area contributed by atoms with Crippen molar-refractivity contribution in [2.24, 2.45) is 0 Å². The van der Waals surface area contributed by atoms with Gasteiger partial charge in [-0.15, -0.1) is 0 Å². The first kappa shape index (κ1) is 35.6. The van der Waals surface area contributed by atoms with Gasteiger partial charge < -0.3 is 9.47 Å². The predicted molar refractivity (Wildman–Crippen MR) is 167 cm³/mol. The van der Waals surface area contributed by atoms with Gasteiger partial charge in [-0.25, -0.2) is 30.7 Å². The van der Waals surface area contributed by atoms with E-state index in [1.54, 1.807) is 13.8 Å². The second-order valence-corrected chi connectivity index (χ2v) is 14.4. The highest BCUT2D eigenvalue weighted by atomic mass is 32.2. The van der Waals surface area contributed by atoms with Crippen molar-refractivity contribution in [1.29, 1.82) is 5.26 Å². The minimum Gasteiger partial charge on any atom is -0.495 e. The van der Waals surface area contributed by atoms with Gasteiger partial charge in [-0.05, 0) is 58.7 Å². The first-order chi connectivity index (χ1) is 21.2. The fourth-order valence-corrected chi connectivity index (χ4v) is 7.03. The van der Waals surface area contributed by atoms with E-state index in [0.29, 0.717) is 30.8 Å². The highest BCUT2D eigenvalue weighted by molar-refractivity contribution is 7.90. The highest BCUT2D eigenvalue weighted by Crippen LogP contribution is 2.33. The summed E-state index contributed by atoms with van der Waals surface area (Å²) in [5.74, 6) is -2.54. The maximum Gasteiger partial charge on any atom is 0.267 e. The van der Waals surface area contributed by atoms with E-state index in [4.69, 9.17) is 9.47 Å². The Hall–Kier alpha value is -3.83. The summed E-state index contributed by atoms with van der Waals surface area (Å²) in [7, 11) is -7.37. The number of hydrogen-bond acceptors (Lipinski definition) is 8. The quantitative estimate of drug-likeness (QED) is 0.219. The maximum atomic E-state index is 15.2. The molecule has 242 valence electrons. The van der Waals surface area contributed by atoms with Crippen molar-refractivity contribution < 1.29 is 35.5 Å². The standard InChI is InChI=1S/C32H38FN3O7S2/c1-21(2)26-16-24(19-34)32(33)31(22(3)4)27(26)18-30(37)36-45(40,41)29-13-12-25(17-28(29)42-5)44(38,39)35-14-9-15-43-20-23-10-7-6-8-11-23/h6-8,10-13,16-17,21-22,35H,9,14-15,18,20H2,1-5H3,(H,36,37). The Morgan fingerprint density at radius 1 is 0.978 bits per heavy atom. The van der Waals surface area contributed by atoms with E-state index in [9.17, 15) is 26.9 Å². The van der Waals surface area contributed by atoms with Crippen LogP contribution in [0.3, 0.4) is 0 Å². The van der Waals surface area contributed by atoms with Gasteiger partial charge in [0, 0.05) is 19.2 Å². The van der Waals surface area contributed by atoms with Crippen LogP contribution in [0.1, 0.15) is 73.8 Å². The topological polar surface area (TPSA) is 152 Å². The Bertz CT molecular complexity index is 1770. The molecule has 0 saturated heterocycles. The van der Waals surface area contributed by atoms with Crippen molar-refractivity contribution in [3.8, 4) is 11.8 Å². The van der Waals surface area contributed by atoms with Gasteiger partial charge in [-0.2, -0.15) is 5.26 Å². The molecule has 45 heavy (non-hydrogen) atoms. The molecule has 0 spiro atoms. The molecule has 0 aliphatic rings. The molecule has 0 aliphatic carbocycles. The summed E-state index contributed by atoms with van der Waals surface area (Å²) in [6, 6.07) is 16.0. The van der Waals surface area contributed by atoms with Gasteiger partial charge >= 0.3 is 0 Å². The number of sulfonamides is 2. The number of nitrogens with zero attached hydrogens (tertiary/aromatic N) is 1. The maximum absolute atomic E-state index is 15.2. The number of nitriles is 1. The third-order valence-corrected chi connectivity index (χ3v) is 9.83. The van der Waals surface area contributed by atoms with Gasteiger partial charge in [0.1, 0.15) is 22.5 Å².